The third-order valence-corrected chi connectivity index (χ3v) is 7.71. The molecule has 4 nitrogen and oxygen atoms in total. The quantitative estimate of drug-likeness (QED) is 0.792. The first-order valence-electron chi connectivity index (χ1n) is 11.4. The van der Waals surface area contributed by atoms with Gasteiger partial charge in [-0.1, -0.05) is 18.9 Å². The van der Waals surface area contributed by atoms with Crippen molar-refractivity contribution in [1.82, 2.24) is 10.2 Å². The second-order valence-corrected chi connectivity index (χ2v) is 9.78. The highest BCUT2D eigenvalue weighted by Crippen LogP contribution is 2.39. The molecule has 2 saturated carbocycles. The number of hydrogen-bond donors (Lipinski definition) is 2. The Bertz CT molecular complexity index is 711. The maximum atomic E-state index is 14.1. The molecule has 2 fully saturated rings. The standard InChI is InChI=1S/C24H36FN3O/c1-15-7-12-21(25)20-14-22(27-23(15)20)24(29)26-18-6-4-5-17(13-18)16-8-10-19(11-9-16)28(2)3/h7,12,16-19,22,27H,4-6,8-11,13-14H2,1-3H3,(H,26,29). The number of rotatable bonds is 4. The fraction of sp³-hybridized carbons (Fsp3) is 0.708. The van der Waals surface area contributed by atoms with E-state index in [-0.39, 0.29) is 23.8 Å². The van der Waals surface area contributed by atoms with Crippen LogP contribution in [-0.2, 0) is 11.2 Å². The first-order valence-corrected chi connectivity index (χ1v) is 11.4. The minimum atomic E-state index is -0.350. The number of fused-ring (bicyclic) bond motifs is 1. The van der Waals surface area contributed by atoms with Crippen LogP contribution >= 0.6 is 0 Å². The first kappa shape index (κ1) is 20.6. The summed E-state index contributed by atoms with van der Waals surface area (Å²) >= 11 is 0. The second-order valence-electron chi connectivity index (χ2n) is 9.78. The van der Waals surface area contributed by atoms with Gasteiger partial charge in [0.05, 0.1) is 0 Å². The Labute approximate surface area is 174 Å². The molecule has 1 aromatic carbocycles. The molecule has 1 amide bonds. The number of carbonyl (C=O) groups excluding carboxylic acids is 1. The summed E-state index contributed by atoms with van der Waals surface area (Å²) in [6.07, 6.45) is 10.4. The summed E-state index contributed by atoms with van der Waals surface area (Å²) in [5, 5.41) is 6.56. The Morgan fingerprint density at radius 2 is 1.86 bits per heavy atom. The normalized spacial score (nSPS) is 32.0. The van der Waals surface area contributed by atoms with Gasteiger partial charge in [0.15, 0.2) is 0 Å². The molecule has 3 aliphatic rings. The molecule has 0 bridgehead atoms. The van der Waals surface area contributed by atoms with Crippen LogP contribution < -0.4 is 10.6 Å². The molecule has 0 radical (unpaired) electrons. The van der Waals surface area contributed by atoms with Crippen molar-refractivity contribution in [1.29, 1.82) is 0 Å². The van der Waals surface area contributed by atoms with Crippen molar-refractivity contribution < 1.29 is 9.18 Å². The lowest BCUT2D eigenvalue weighted by Crippen LogP contribution is -2.46. The third kappa shape index (κ3) is 4.45. The summed E-state index contributed by atoms with van der Waals surface area (Å²) in [6, 6.07) is 3.94. The Hall–Kier alpha value is -1.62. The Balaban J connectivity index is 1.30. The minimum Gasteiger partial charge on any atom is -0.373 e. The summed E-state index contributed by atoms with van der Waals surface area (Å²) in [7, 11) is 4.39. The van der Waals surface area contributed by atoms with Gasteiger partial charge >= 0.3 is 0 Å². The average Bonchev–Trinajstić information content (AvgIpc) is 3.18. The second kappa shape index (κ2) is 8.63. The molecule has 29 heavy (non-hydrogen) atoms. The van der Waals surface area contributed by atoms with Gasteiger partial charge in [0.25, 0.3) is 0 Å². The van der Waals surface area contributed by atoms with E-state index in [0.29, 0.717) is 12.0 Å². The van der Waals surface area contributed by atoms with Crippen LogP contribution in [-0.4, -0.2) is 43.0 Å². The molecular weight excluding hydrogens is 365 g/mol. The molecule has 2 N–H and O–H groups in total. The van der Waals surface area contributed by atoms with Crippen molar-refractivity contribution in [3.05, 3.63) is 29.1 Å². The number of carbonyl (C=O) groups is 1. The van der Waals surface area contributed by atoms with E-state index in [1.54, 1.807) is 6.07 Å². The lowest BCUT2D eigenvalue weighted by molar-refractivity contribution is -0.122. The van der Waals surface area contributed by atoms with Gasteiger partial charge in [0.1, 0.15) is 11.9 Å². The van der Waals surface area contributed by atoms with Crippen LogP contribution in [0, 0.1) is 24.6 Å². The monoisotopic (exact) mass is 401 g/mol. The van der Waals surface area contributed by atoms with Gasteiger partial charge in [-0.25, -0.2) is 4.39 Å². The number of nitrogens with one attached hydrogen (secondary N) is 2. The van der Waals surface area contributed by atoms with Crippen LogP contribution in [0.1, 0.15) is 62.5 Å². The van der Waals surface area contributed by atoms with E-state index in [2.05, 4.69) is 29.6 Å². The molecule has 160 valence electrons. The lowest BCUT2D eigenvalue weighted by atomic mass is 9.71. The van der Waals surface area contributed by atoms with Crippen molar-refractivity contribution in [2.75, 3.05) is 19.4 Å². The van der Waals surface area contributed by atoms with Gasteiger partial charge in [0, 0.05) is 29.8 Å². The number of aryl methyl sites for hydroxylation is 1. The van der Waals surface area contributed by atoms with E-state index in [9.17, 15) is 9.18 Å². The summed E-state index contributed by atoms with van der Waals surface area (Å²) in [5.41, 5.74) is 2.47. The van der Waals surface area contributed by atoms with E-state index in [0.717, 1.165) is 42.0 Å². The molecular formula is C24H36FN3O. The van der Waals surface area contributed by atoms with Gasteiger partial charge in [-0.3, -0.25) is 4.79 Å². The SMILES string of the molecule is Cc1ccc(F)c2c1NC(C(=O)NC1CCCC(C3CCC(N(C)C)CC3)C1)C2. The molecule has 3 atom stereocenters. The molecule has 1 aliphatic heterocycles. The van der Waals surface area contributed by atoms with Crippen molar-refractivity contribution in [3.8, 4) is 0 Å². The number of halogens is 1. The predicted octanol–water partition coefficient (Wildman–Crippen LogP) is 4.27. The van der Waals surface area contributed by atoms with Crippen LogP contribution in [0.3, 0.4) is 0 Å². The molecule has 5 heteroatoms. The van der Waals surface area contributed by atoms with E-state index >= 15 is 0 Å². The smallest absolute Gasteiger partial charge is 0.243 e. The summed E-state index contributed by atoms with van der Waals surface area (Å²) in [4.78, 5) is 15.3. The maximum absolute atomic E-state index is 14.1. The van der Waals surface area contributed by atoms with Crippen LogP contribution in [0.25, 0.3) is 0 Å². The highest BCUT2D eigenvalue weighted by Gasteiger charge is 2.35. The summed E-state index contributed by atoms with van der Waals surface area (Å²) < 4.78 is 14.1. The number of benzene rings is 1. The topological polar surface area (TPSA) is 44.4 Å². The van der Waals surface area contributed by atoms with Crippen molar-refractivity contribution >= 4 is 11.6 Å². The Morgan fingerprint density at radius 1 is 1.10 bits per heavy atom. The fourth-order valence-corrected chi connectivity index (χ4v) is 5.91. The Morgan fingerprint density at radius 3 is 2.55 bits per heavy atom. The fourth-order valence-electron chi connectivity index (χ4n) is 5.91. The number of amides is 1. The van der Waals surface area contributed by atoms with Gasteiger partial charge in [-0.15, -0.1) is 0 Å². The molecule has 1 aromatic rings. The molecule has 4 rings (SSSR count). The van der Waals surface area contributed by atoms with E-state index in [4.69, 9.17) is 0 Å². The molecule has 3 unspecified atom stereocenters. The number of nitrogens with zero attached hydrogens (tertiary/aromatic N) is 1. The van der Waals surface area contributed by atoms with Crippen LogP contribution in [0.2, 0.25) is 0 Å². The number of anilines is 1. The molecule has 0 spiro atoms. The van der Waals surface area contributed by atoms with Crippen LogP contribution in [0.5, 0.6) is 0 Å². The van der Waals surface area contributed by atoms with Crippen molar-refractivity contribution in [2.24, 2.45) is 11.8 Å². The van der Waals surface area contributed by atoms with Gasteiger partial charge in [0.2, 0.25) is 5.91 Å². The van der Waals surface area contributed by atoms with Gasteiger partial charge in [-0.2, -0.15) is 0 Å². The summed E-state index contributed by atoms with van der Waals surface area (Å²) in [5.74, 6) is 1.38. The third-order valence-electron chi connectivity index (χ3n) is 7.71. The van der Waals surface area contributed by atoms with E-state index in [1.165, 1.54) is 44.6 Å². The van der Waals surface area contributed by atoms with Crippen molar-refractivity contribution in [3.63, 3.8) is 0 Å². The van der Waals surface area contributed by atoms with Crippen LogP contribution in [0.15, 0.2) is 12.1 Å². The zero-order valence-corrected chi connectivity index (χ0v) is 18.1. The zero-order chi connectivity index (χ0) is 20.5. The van der Waals surface area contributed by atoms with Crippen LogP contribution in [0.4, 0.5) is 10.1 Å². The van der Waals surface area contributed by atoms with E-state index in [1.807, 2.05) is 6.92 Å². The number of hydrogen-bond acceptors (Lipinski definition) is 3. The average molecular weight is 402 g/mol. The predicted molar refractivity (Wildman–Crippen MR) is 116 cm³/mol. The molecule has 2 aliphatic carbocycles. The van der Waals surface area contributed by atoms with Gasteiger partial charge < -0.3 is 15.5 Å². The highest BCUT2D eigenvalue weighted by atomic mass is 19.1. The maximum Gasteiger partial charge on any atom is 0.243 e. The highest BCUT2D eigenvalue weighted by molar-refractivity contribution is 5.88. The lowest BCUT2D eigenvalue weighted by Gasteiger charge is -2.40. The molecule has 0 saturated heterocycles. The Kier molecular flexibility index (Phi) is 6.14. The summed E-state index contributed by atoms with van der Waals surface area (Å²) in [6.45, 7) is 1.96. The van der Waals surface area contributed by atoms with E-state index < -0.39 is 0 Å². The minimum absolute atomic E-state index is 0.0296. The molecule has 0 aromatic heterocycles. The first-order chi connectivity index (χ1) is 13.9. The zero-order valence-electron chi connectivity index (χ0n) is 18.1. The van der Waals surface area contributed by atoms with Gasteiger partial charge in [-0.05, 0) is 83.0 Å². The van der Waals surface area contributed by atoms with Crippen molar-refractivity contribution in [2.45, 2.75) is 82.8 Å². The largest absolute Gasteiger partial charge is 0.373 e. The molecule has 1 heterocycles.